The Balaban J connectivity index is 1.36. The zero-order chi connectivity index (χ0) is 22.2. The lowest BCUT2D eigenvalue weighted by atomic mass is 10.1. The van der Waals surface area contributed by atoms with Crippen LogP contribution in [0.1, 0.15) is 16.7 Å². The van der Waals surface area contributed by atoms with Crippen molar-refractivity contribution in [2.24, 2.45) is 0 Å². The average molecular weight is 425 g/mol. The van der Waals surface area contributed by atoms with Crippen LogP contribution < -0.4 is 15.4 Å². The maximum Gasteiger partial charge on any atom is 0.238 e. The first kappa shape index (κ1) is 22.8. The highest BCUT2D eigenvalue weighted by Gasteiger charge is 2.20. The molecule has 7 nitrogen and oxygen atoms in total. The van der Waals surface area contributed by atoms with Crippen LogP contribution in [0.15, 0.2) is 42.5 Å². The Morgan fingerprint density at radius 2 is 1.52 bits per heavy atom. The van der Waals surface area contributed by atoms with Crippen molar-refractivity contribution in [2.45, 2.75) is 20.4 Å². The molecule has 2 aromatic rings. The molecule has 0 unspecified atom stereocenters. The van der Waals surface area contributed by atoms with E-state index in [9.17, 15) is 9.59 Å². The molecule has 31 heavy (non-hydrogen) atoms. The molecule has 0 spiro atoms. The van der Waals surface area contributed by atoms with E-state index in [0.717, 1.165) is 54.3 Å². The number of ether oxygens (including phenoxy) is 1. The summed E-state index contributed by atoms with van der Waals surface area (Å²) < 4.78 is 5.14. The largest absolute Gasteiger partial charge is 0.497 e. The monoisotopic (exact) mass is 424 g/mol. The summed E-state index contributed by atoms with van der Waals surface area (Å²) >= 11 is 0. The Kier molecular flexibility index (Phi) is 8.03. The van der Waals surface area contributed by atoms with Crippen molar-refractivity contribution >= 4 is 17.5 Å². The Morgan fingerprint density at radius 3 is 2.13 bits per heavy atom. The first-order valence-electron chi connectivity index (χ1n) is 10.6. The number of hydrogen-bond donors (Lipinski definition) is 2. The summed E-state index contributed by atoms with van der Waals surface area (Å²) in [7, 11) is 1.63. The van der Waals surface area contributed by atoms with Crippen molar-refractivity contribution in [3.05, 3.63) is 59.2 Å². The maximum absolute atomic E-state index is 12.4. The molecule has 0 aliphatic carbocycles. The molecule has 1 fully saturated rings. The van der Waals surface area contributed by atoms with Gasteiger partial charge in [0.05, 0.1) is 20.2 Å². The van der Waals surface area contributed by atoms with Crippen molar-refractivity contribution in [3.63, 3.8) is 0 Å². The van der Waals surface area contributed by atoms with Gasteiger partial charge in [-0.2, -0.15) is 0 Å². The second kappa shape index (κ2) is 10.9. The van der Waals surface area contributed by atoms with Crippen LogP contribution in [-0.4, -0.2) is 68.0 Å². The van der Waals surface area contributed by atoms with E-state index in [-0.39, 0.29) is 11.8 Å². The highest BCUT2D eigenvalue weighted by atomic mass is 16.5. The minimum absolute atomic E-state index is 0.000570. The van der Waals surface area contributed by atoms with Crippen molar-refractivity contribution < 1.29 is 14.3 Å². The molecule has 0 bridgehead atoms. The standard InChI is InChI=1S/C24H32N4O3/c1-18-5-4-6-22(19(18)2)26-24(30)17-28-13-11-27(12-14-28)16-23(29)25-15-20-7-9-21(31-3)10-8-20/h4-10H,11-17H2,1-3H3,(H,25,29)(H,26,30). The van der Waals surface area contributed by atoms with E-state index in [0.29, 0.717) is 19.6 Å². The third-order valence-electron chi connectivity index (χ3n) is 5.73. The lowest BCUT2D eigenvalue weighted by molar-refractivity contribution is -0.123. The van der Waals surface area contributed by atoms with Crippen LogP contribution in [0.4, 0.5) is 5.69 Å². The van der Waals surface area contributed by atoms with Gasteiger partial charge in [-0.25, -0.2) is 0 Å². The number of methoxy groups -OCH3 is 1. The van der Waals surface area contributed by atoms with Gasteiger partial charge in [-0.1, -0.05) is 24.3 Å². The van der Waals surface area contributed by atoms with E-state index in [4.69, 9.17) is 4.74 Å². The topological polar surface area (TPSA) is 73.9 Å². The second-order valence-corrected chi connectivity index (χ2v) is 7.97. The van der Waals surface area contributed by atoms with Gasteiger partial charge in [0.1, 0.15) is 5.75 Å². The number of benzene rings is 2. The molecule has 166 valence electrons. The van der Waals surface area contributed by atoms with Crippen LogP contribution in [0, 0.1) is 13.8 Å². The van der Waals surface area contributed by atoms with Gasteiger partial charge in [0, 0.05) is 38.4 Å². The summed E-state index contributed by atoms with van der Waals surface area (Å²) in [6.45, 7) is 8.38. The molecule has 0 atom stereocenters. The molecule has 1 aliphatic rings. The number of aryl methyl sites for hydroxylation is 1. The molecule has 1 aliphatic heterocycles. The molecule has 7 heteroatoms. The molecule has 1 heterocycles. The van der Waals surface area contributed by atoms with Gasteiger partial charge >= 0.3 is 0 Å². The van der Waals surface area contributed by atoms with Gasteiger partial charge < -0.3 is 15.4 Å². The lowest BCUT2D eigenvalue weighted by Crippen LogP contribution is -2.50. The number of nitrogens with zero attached hydrogens (tertiary/aromatic N) is 2. The van der Waals surface area contributed by atoms with Gasteiger partial charge in [0.15, 0.2) is 0 Å². The van der Waals surface area contributed by atoms with Crippen LogP contribution >= 0.6 is 0 Å². The normalized spacial score (nSPS) is 14.8. The van der Waals surface area contributed by atoms with Crippen LogP contribution in [-0.2, 0) is 16.1 Å². The summed E-state index contributed by atoms with van der Waals surface area (Å²) in [5.41, 5.74) is 4.17. The van der Waals surface area contributed by atoms with E-state index in [1.54, 1.807) is 7.11 Å². The summed E-state index contributed by atoms with van der Waals surface area (Å²) in [5, 5.41) is 5.98. The molecule has 3 rings (SSSR count). The average Bonchev–Trinajstić information content (AvgIpc) is 2.77. The van der Waals surface area contributed by atoms with Crippen molar-refractivity contribution in [1.82, 2.24) is 15.1 Å². The number of anilines is 1. The molecule has 2 amide bonds. The fourth-order valence-corrected chi connectivity index (χ4v) is 3.59. The predicted molar refractivity (Wildman–Crippen MR) is 122 cm³/mol. The summed E-state index contributed by atoms with van der Waals surface area (Å²) in [6, 6.07) is 13.6. The van der Waals surface area contributed by atoms with Gasteiger partial charge in [-0.05, 0) is 48.7 Å². The number of amides is 2. The Hall–Kier alpha value is -2.90. The van der Waals surface area contributed by atoms with E-state index in [1.807, 2.05) is 56.3 Å². The maximum atomic E-state index is 12.4. The molecular weight excluding hydrogens is 392 g/mol. The molecule has 0 radical (unpaired) electrons. The number of nitrogens with one attached hydrogen (secondary N) is 2. The first-order chi connectivity index (χ1) is 14.9. The number of rotatable bonds is 8. The van der Waals surface area contributed by atoms with Gasteiger partial charge in [0.25, 0.3) is 0 Å². The highest BCUT2D eigenvalue weighted by molar-refractivity contribution is 5.93. The molecule has 0 saturated carbocycles. The van der Waals surface area contributed by atoms with E-state index >= 15 is 0 Å². The van der Waals surface area contributed by atoms with Crippen LogP contribution in [0.3, 0.4) is 0 Å². The number of piperazine rings is 1. The van der Waals surface area contributed by atoms with E-state index < -0.39 is 0 Å². The van der Waals surface area contributed by atoms with Crippen LogP contribution in [0.5, 0.6) is 5.75 Å². The second-order valence-electron chi connectivity index (χ2n) is 7.97. The Labute approximate surface area is 184 Å². The van der Waals surface area contributed by atoms with Crippen LogP contribution in [0.2, 0.25) is 0 Å². The zero-order valence-corrected chi connectivity index (χ0v) is 18.6. The van der Waals surface area contributed by atoms with Crippen molar-refractivity contribution in [1.29, 1.82) is 0 Å². The molecule has 2 aromatic carbocycles. The van der Waals surface area contributed by atoms with E-state index in [1.165, 1.54) is 0 Å². The molecule has 0 aromatic heterocycles. The van der Waals surface area contributed by atoms with Gasteiger partial charge in [0.2, 0.25) is 11.8 Å². The molecule has 1 saturated heterocycles. The molecular formula is C24H32N4O3. The first-order valence-corrected chi connectivity index (χ1v) is 10.6. The van der Waals surface area contributed by atoms with Crippen molar-refractivity contribution in [3.8, 4) is 5.75 Å². The third kappa shape index (κ3) is 6.80. The van der Waals surface area contributed by atoms with E-state index in [2.05, 4.69) is 20.4 Å². The van der Waals surface area contributed by atoms with Crippen molar-refractivity contribution in [2.75, 3.05) is 51.7 Å². The minimum Gasteiger partial charge on any atom is -0.497 e. The van der Waals surface area contributed by atoms with Crippen LogP contribution in [0.25, 0.3) is 0 Å². The predicted octanol–water partition coefficient (Wildman–Crippen LogP) is 2.18. The van der Waals surface area contributed by atoms with Gasteiger partial charge in [-0.3, -0.25) is 19.4 Å². The Bertz CT molecular complexity index is 890. The number of carbonyl (C=O) groups is 2. The quantitative estimate of drug-likeness (QED) is 0.680. The Morgan fingerprint density at radius 1 is 0.903 bits per heavy atom. The number of carbonyl (C=O) groups excluding carboxylic acids is 2. The van der Waals surface area contributed by atoms with Gasteiger partial charge in [-0.15, -0.1) is 0 Å². The molecule has 2 N–H and O–H groups in total. The fraction of sp³-hybridized carbons (Fsp3) is 0.417. The third-order valence-corrected chi connectivity index (χ3v) is 5.73. The summed E-state index contributed by atoms with van der Waals surface area (Å²) in [4.78, 5) is 29.0. The zero-order valence-electron chi connectivity index (χ0n) is 18.6. The summed E-state index contributed by atoms with van der Waals surface area (Å²) in [5.74, 6) is 0.812. The smallest absolute Gasteiger partial charge is 0.238 e. The fourth-order valence-electron chi connectivity index (χ4n) is 3.59. The lowest BCUT2D eigenvalue weighted by Gasteiger charge is -2.33. The summed E-state index contributed by atoms with van der Waals surface area (Å²) in [6.07, 6.45) is 0. The SMILES string of the molecule is COc1ccc(CNC(=O)CN2CCN(CC(=O)Nc3cccc(C)c3C)CC2)cc1. The number of hydrogen-bond acceptors (Lipinski definition) is 5. The minimum atomic E-state index is -0.000570. The highest BCUT2D eigenvalue weighted by Crippen LogP contribution is 2.18.